The third-order valence-corrected chi connectivity index (χ3v) is 3.57. The van der Waals surface area contributed by atoms with Crippen molar-refractivity contribution in [2.75, 3.05) is 5.32 Å². The number of para-hydroxylation sites is 1. The largest absolute Gasteiger partial charge is 0.347 e. The molecule has 0 bridgehead atoms. The Morgan fingerprint density at radius 2 is 1.79 bits per heavy atom. The Balaban J connectivity index is 1.61. The van der Waals surface area contributed by atoms with Crippen LogP contribution in [0.5, 0.6) is 0 Å². The summed E-state index contributed by atoms with van der Waals surface area (Å²) in [5, 5.41) is 14.4. The molecule has 0 saturated heterocycles. The molecular formula is C17H14ClN5O. The van der Waals surface area contributed by atoms with E-state index in [0.29, 0.717) is 17.4 Å². The van der Waals surface area contributed by atoms with Crippen molar-refractivity contribution < 1.29 is 4.79 Å². The van der Waals surface area contributed by atoms with E-state index < -0.39 is 0 Å². The van der Waals surface area contributed by atoms with E-state index in [-0.39, 0.29) is 11.6 Å². The molecular weight excluding hydrogens is 326 g/mol. The van der Waals surface area contributed by atoms with E-state index in [4.69, 9.17) is 11.6 Å². The van der Waals surface area contributed by atoms with Crippen LogP contribution < -0.4 is 10.6 Å². The predicted octanol–water partition coefficient (Wildman–Crippen LogP) is 3.20. The fraction of sp³-hybridized carbons (Fsp3) is 0.0588. The summed E-state index contributed by atoms with van der Waals surface area (Å²) in [6.07, 6.45) is 3.35. The molecule has 1 aromatic carbocycles. The lowest BCUT2D eigenvalue weighted by Crippen LogP contribution is -2.24. The molecule has 7 heteroatoms. The molecule has 2 aromatic heterocycles. The maximum absolute atomic E-state index is 12.1. The number of nitrogens with zero attached hydrogens (tertiary/aromatic N) is 3. The molecule has 0 spiro atoms. The highest BCUT2D eigenvalue weighted by molar-refractivity contribution is 6.33. The van der Waals surface area contributed by atoms with Crippen molar-refractivity contribution in [2.45, 2.75) is 6.54 Å². The highest BCUT2D eigenvalue weighted by atomic mass is 35.5. The van der Waals surface area contributed by atoms with Crippen molar-refractivity contribution >= 4 is 29.0 Å². The first-order valence-electron chi connectivity index (χ1n) is 7.25. The molecule has 2 N–H and O–H groups in total. The molecule has 0 atom stereocenters. The highest BCUT2D eigenvalue weighted by Crippen LogP contribution is 2.23. The normalized spacial score (nSPS) is 10.2. The molecule has 1 amide bonds. The summed E-state index contributed by atoms with van der Waals surface area (Å²) in [4.78, 5) is 16.0. The Hall–Kier alpha value is -2.99. The quantitative estimate of drug-likeness (QED) is 0.746. The van der Waals surface area contributed by atoms with Crippen LogP contribution in [0.25, 0.3) is 0 Å². The molecule has 0 fully saturated rings. The number of amides is 1. The lowest BCUT2D eigenvalue weighted by Gasteiger charge is -2.07. The molecule has 0 saturated carbocycles. The topological polar surface area (TPSA) is 79.8 Å². The molecule has 0 aliphatic heterocycles. The molecule has 3 aromatic rings. The Bertz CT molecular complexity index is 824. The summed E-state index contributed by atoms with van der Waals surface area (Å²) in [7, 11) is 0. The van der Waals surface area contributed by atoms with Gasteiger partial charge in [-0.05, 0) is 42.0 Å². The smallest absolute Gasteiger partial charge is 0.272 e. The van der Waals surface area contributed by atoms with Crippen LogP contribution in [0.15, 0.2) is 60.9 Å². The lowest BCUT2D eigenvalue weighted by molar-refractivity contribution is 0.0945. The van der Waals surface area contributed by atoms with E-state index in [1.807, 2.05) is 30.3 Å². The van der Waals surface area contributed by atoms with E-state index >= 15 is 0 Å². The minimum absolute atomic E-state index is 0.244. The molecule has 0 unspecified atom stereocenters. The van der Waals surface area contributed by atoms with Gasteiger partial charge in [0.1, 0.15) is 0 Å². The summed E-state index contributed by atoms with van der Waals surface area (Å²) in [5.74, 6) is 0.220. The molecule has 0 aliphatic rings. The zero-order valence-electron chi connectivity index (χ0n) is 12.6. The van der Waals surface area contributed by atoms with E-state index in [2.05, 4.69) is 25.8 Å². The van der Waals surface area contributed by atoms with Gasteiger partial charge in [-0.2, -0.15) is 0 Å². The third-order valence-electron chi connectivity index (χ3n) is 3.24. The van der Waals surface area contributed by atoms with Gasteiger partial charge in [-0.1, -0.05) is 23.7 Å². The molecule has 120 valence electrons. The fourth-order valence-corrected chi connectivity index (χ4v) is 2.18. The third kappa shape index (κ3) is 4.05. The summed E-state index contributed by atoms with van der Waals surface area (Å²) in [6, 6.07) is 14.3. The average Bonchev–Trinajstić information content (AvgIpc) is 2.63. The number of aromatic nitrogens is 3. The van der Waals surface area contributed by atoms with Crippen molar-refractivity contribution in [1.29, 1.82) is 0 Å². The molecule has 3 rings (SSSR count). The van der Waals surface area contributed by atoms with E-state index in [9.17, 15) is 4.79 Å². The summed E-state index contributed by atoms with van der Waals surface area (Å²) < 4.78 is 0. The van der Waals surface area contributed by atoms with Crippen LogP contribution in [-0.2, 0) is 6.54 Å². The van der Waals surface area contributed by atoms with Gasteiger partial charge < -0.3 is 10.6 Å². The lowest BCUT2D eigenvalue weighted by atomic mass is 10.2. The number of benzene rings is 1. The second-order valence-electron chi connectivity index (χ2n) is 4.95. The highest BCUT2D eigenvalue weighted by Gasteiger charge is 2.08. The number of carbonyl (C=O) groups is 1. The van der Waals surface area contributed by atoms with Gasteiger partial charge >= 0.3 is 0 Å². The first-order valence-corrected chi connectivity index (χ1v) is 7.62. The molecule has 0 aliphatic carbocycles. The van der Waals surface area contributed by atoms with Gasteiger partial charge in [0.05, 0.1) is 10.7 Å². The van der Waals surface area contributed by atoms with Gasteiger partial charge in [0.2, 0.25) is 0 Å². The second-order valence-corrected chi connectivity index (χ2v) is 5.35. The van der Waals surface area contributed by atoms with Crippen LogP contribution >= 0.6 is 11.6 Å². The number of rotatable bonds is 5. The number of anilines is 2. The van der Waals surface area contributed by atoms with Gasteiger partial charge in [0.25, 0.3) is 5.91 Å². The van der Waals surface area contributed by atoms with E-state index in [1.165, 1.54) is 0 Å². The Labute approximate surface area is 143 Å². The monoisotopic (exact) mass is 339 g/mol. The van der Waals surface area contributed by atoms with Crippen LogP contribution in [-0.4, -0.2) is 21.1 Å². The van der Waals surface area contributed by atoms with Crippen molar-refractivity contribution in [3.8, 4) is 0 Å². The maximum Gasteiger partial charge on any atom is 0.272 e. The Morgan fingerprint density at radius 1 is 1.00 bits per heavy atom. The number of nitrogens with one attached hydrogen (secondary N) is 2. The summed E-state index contributed by atoms with van der Waals surface area (Å²) in [5.41, 5.74) is 1.93. The first-order chi connectivity index (χ1) is 11.7. The van der Waals surface area contributed by atoms with E-state index in [0.717, 1.165) is 11.3 Å². The SMILES string of the molecule is O=C(NCc1ccncc1)c1ccc(Nc2ccccc2Cl)nn1. The van der Waals surface area contributed by atoms with Gasteiger partial charge in [-0.25, -0.2) is 0 Å². The van der Waals surface area contributed by atoms with Gasteiger partial charge in [0, 0.05) is 18.9 Å². The number of halogens is 1. The van der Waals surface area contributed by atoms with Crippen molar-refractivity contribution in [1.82, 2.24) is 20.5 Å². The van der Waals surface area contributed by atoms with E-state index in [1.54, 1.807) is 30.6 Å². The standard InChI is InChI=1S/C17H14ClN5O/c18-13-3-1-2-4-14(13)21-16-6-5-15(22-23-16)17(24)20-11-12-7-9-19-10-8-12/h1-10H,11H2,(H,20,24)(H,21,23). The zero-order valence-corrected chi connectivity index (χ0v) is 13.4. The van der Waals surface area contributed by atoms with Crippen LogP contribution in [0.4, 0.5) is 11.5 Å². The minimum atomic E-state index is -0.288. The molecule has 24 heavy (non-hydrogen) atoms. The predicted molar refractivity (Wildman–Crippen MR) is 92.2 cm³/mol. The Morgan fingerprint density at radius 3 is 2.50 bits per heavy atom. The summed E-state index contributed by atoms with van der Waals surface area (Å²) in [6.45, 7) is 0.405. The Kier molecular flexibility index (Phi) is 4.98. The van der Waals surface area contributed by atoms with Crippen molar-refractivity contribution in [2.24, 2.45) is 0 Å². The second kappa shape index (κ2) is 7.52. The maximum atomic E-state index is 12.1. The van der Waals surface area contributed by atoms with Crippen LogP contribution in [0.1, 0.15) is 16.1 Å². The molecule has 2 heterocycles. The number of carbonyl (C=O) groups excluding carboxylic acids is 1. The summed E-state index contributed by atoms with van der Waals surface area (Å²) >= 11 is 6.08. The van der Waals surface area contributed by atoms with Gasteiger partial charge in [0.15, 0.2) is 11.5 Å². The van der Waals surface area contributed by atoms with Crippen molar-refractivity contribution in [3.05, 3.63) is 77.2 Å². The average molecular weight is 340 g/mol. The van der Waals surface area contributed by atoms with Crippen molar-refractivity contribution in [3.63, 3.8) is 0 Å². The first kappa shape index (κ1) is 15.9. The zero-order chi connectivity index (χ0) is 16.8. The van der Waals surface area contributed by atoms with Crippen LogP contribution in [0.2, 0.25) is 5.02 Å². The van der Waals surface area contributed by atoms with Gasteiger partial charge in [-0.15, -0.1) is 10.2 Å². The molecule has 0 radical (unpaired) electrons. The van der Waals surface area contributed by atoms with Crippen LogP contribution in [0, 0.1) is 0 Å². The fourth-order valence-electron chi connectivity index (χ4n) is 1.99. The van der Waals surface area contributed by atoms with Crippen LogP contribution in [0.3, 0.4) is 0 Å². The number of hydrogen-bond acceptors (Lipinski definition) is 5. The number of hydrogen-bond donors (Lipinski definition) is 2. The number of pyridine rings is 1. The molecule has 6 nitrogen and oxygen atoms in total. The minimum Gasteiger partial charge on any atom is -0.347 e. The van der Waals surface area contributed by atoms with Gasteiger partial charge in [-0.3, -0.25) is 9.78 Å².